The molecule has 5 heteroatoms. The van der Waals surface area contributed by atoms with Crippen molar-refractivity contribution in [2.24, 2.45) is 0 Å². The largest absolute Gasteiger partial charge is 0.381 e. The predicted octanol–water partition coefficient (Wildman–Crippen LogP) is 1.16. The first-order valence-corrected chi connectivity index (χ1v) is 5.90. The zero-order chi connectivity index (χ0) is 11.2. The highest BCUT2D eigenvalue weighted by molar-refractivity contribution is 4.80. The summed E-state index contributed by atoms with van der Waals surface area (Å²) in [5.41, 5.74) is 0. The van der Waals surface area contributed by atoms with Crippen LogP contribution in [-0.4, -0.2) is 35.9 Å². The van der Waals surface area contributed by atoms with Crippen LogP contribution >= 0.6 is 0 Å². The first-order valence-electron chi connectivity index (χ1n) is 5.90. The molecule has 0 bridgehead atoms. The van der Waals surface area contributed by atoms with Crippen LogP contribution in [0.15, 0.2) is 10.9 Å². The lowest BCUT2D eigenvalue weighted by molar-refractivity contribution is 0.0626. The molecular weight excluding hydrogens is 206 g/mol. The summed E-state index contributed by atoms with van der Waals surface area (Å²) in [6, 6.07) is 0.620. The Bertz CT molecular complexity index is 281. The number of aromatic nitrogens is 2. The molecule has 0 unspecified atom stereocenters. The van der Waals surface area contributed by atoms with Crippen molar-refractivity contribution in [3.8, 4) is 0 Å². The Balaban J connectivity index is 1.60. The molecule has 2 rings (SSSR count). The van der Waals surface area contributed by atoms with Crippen molar-refractivity contribution in [3.63, 3.8) is 0 Å². The van der Waals surface area contributed by atoms with E-state index in [2.05, 4.69) is 15.5 Å². The van der Waals surface area contributed by atoms with E-state index < -0.39 is 0 Å². The minimum Gasteiger partial charge on any atom is -0.381 e. The van der Waals surface area contributed by atoms with Gasteiger partial charge in [-0.15, -0.1) is 0 Å². The van der Waals surface area contributed by atoms with Crippen molar-refractivity contribution in [1.29, 1.82) is 0 Å². The number of nitrogens with one attached hydrogen (secondary N) is 1. The van der Waals surface area contributed by atoms with Crippen LogP contribution in [0.1, 0.15) is 31.6 Å². The molecule has 90 valence electrons. The zero-order valence-electron chi connectivity index (χ0n) is 9.69. The lowest BCUT2D eigenvalue weighted by Crippen LogP contribution is -2.36. The standard InChI is InChI=1S/C11H19N3O2/c1-15-10-4-2-9(3-5-10)12-7-6-11-13-8-14-16-11/h8-10,12H,2-7H2,1H3. The number of hydrogen-bond donors (Lipinski definition) is 1. The van der Waals surface area contributed by atoms with Crippen LogP contribution in [0.4, 0.5) is 0 Å². The maximum absolute atomic E-state index is 5.34. The summed E-state index contributed by atoms with van der Waals surface area (Å²) in [7, 11) is 1.80. The maximum Gasteiger partial charge on any atom is 0.227 e. The minimum atomic E-state index is 0.467. The van der Waals surface area contributed by atoms with E-state index in [-0.39, 0.29) is 0 Å². The third kappa shape index (κ3) is 3.28. The molecule has 1 fully saturated rings. The number of ether oxygens (including phenoxy) is 1. The van der Waals surface area contributed by atoms with Crippen molar-refractivity contribution in [2.45, 2.75) is 44.2 Å². The lowest BCUT2D eigenvalue weighted by Gasteiger charge is -2.28. The Hall–Kier alpha value is -0.940. The summed E-state index contributed by atoms with van der Waals surface area (Å²) in [6.45, 7) is 0.907. The second-order valence-electron chi connectivity index (χ2n) is 4.25. The second-order valence-corrected chi connectivity index (χ2v) is 4.25. The third-order valence-corrected chi connectivity index (χ3v) is 3.19. The van der Waals surface area contributed by atoms with E-state index in [0.29, 0.717) is 18.0 Å². The third-order valence-electron chi connectivity index (χ3n) is 3.19. The molecule has 1 aliphatic carbocycles. The van der Waals surface area contributed by atoms with Gasteiger partial charge in [0.1, 0.15) is 0 Å². The first kappa shape index (κ1) is 11.5. The van der Waals surface area contributed by atoms with Crippen molar-refractivity contribution >= 4 is 0 Å². The van der Waals surface area contributed by atoms with E-state index in [1.54, 1.807) is 7.11 Å². The van der Waals surface area contributed by atoms with Crippen molar-refractivity contribution < 1.29 is 9.26 Å². The SMILES string of the molecule is COC1CCC(NCCc2ncno2)CC1. The van der Waals surface area contributed by atoms with Gasteiger partial charge in [0.25, 0.3) is 0 Å². The topological polar surface area (TPSA) is 60.2 Å². The quantitative estimate of drug-likeness (QED) is 0.814. The highest BCUT2D eigenvalue weighted by Gasteiger charge is 2.20. The fourth-order valence-electron chi connectivity index (χ4n) is 2.19. The molecule has 5 nitrogen and oxygen atoms in total. The van der Waals surface area contributed by atoms with Crippen molar-refractivity contribution in [3.05, 3.63) is 12.2 Å². The van der Waals surface area contributed by atoms with Gasteiger partial charge < -0.3 is 14.6 Å². The summed E-state index contributed by atoms with van der Waals surface area (Å²) in [5.74, 6) is 0.707. The van der Waals surface area contributed by atoms with Gasteiger partial charge in [-0.2, -0.15) is 4.98 Å². The van der Waals surface area contributed by atoms with Crippen LogP contribution in [0.3, 0.4) is 0 Å². The molecule has 0 spiro atoms. The predicted molar refractivity (Wildman–Crippen MR) is 59.1 cm³/mol. The summed E-state index contributed by atoms with van der Waals surface area (Å²) >= 11 is 0. The molecule has 0 saturated heterocycles. The molecule has 16 heavy (non-hydrogen) atoms. The molecule has 0 amide bonds. The Labute approximate surface area is 95.6 Å². The average Bonchev–Trinajstić information content (AvgIpc) is 2.83. The van der Waals surface area contributed by atoms with E-state index in [1.165, 1.54) is 19.2 Å². The van der Waals surface area contributed by atoms with Gasteiger partial charge in [0, 0.05) is 26.1 Å². The lowest BCUT2D eigenvalue weighted by atomic mass is 9.93. The molecule has 1 aromatic rings. The number of nitrogens with zero attached hydrogens (tertiary/aromatic N) is 2. The van der Waals surface area contributed by atoms with Crippen molar-refractivity contribution in [2.75, 3.05) is 13.7 Å². The summed E-state index contributed by atoms with van der Waals surface area (Å²) < 4.78 is 10.3. The number of methoxy groups -OCH3 is 1. The zero-order valence-corrected chi connectivity index (χ0v) is 9.69. The first-order chi connectivity index (χ1) is 7.88. The number of rotatable bonds is 5. The van der Waals surface area contributed by atoms with Crippen LogP contribution in [-0.2, 0) is 11.2 Å². The maximum atomic E-state index is 5.34. The molecule has 1 aliphatic rings. The Morgan fingerprint density at radius 2 is 2.25 bits per heavy atom. The summed E-state index contributed by atoms with van der Waals surface area (Å²) in [5, 5.41) is 7.10. The van der Waals surface area contributed by atoms with Crippen LogP contribution in [0, 0.1) is 0 Å². The van der Waals surface area contributed by atoms with E-state index in [4.69, 9.17) is 9.26 Å². The van der Waals surface area contributed by atoms with Gasteiger partial charge in [0.05, 0.1) is 6.10 Å². The minimum absolute atomic E-state index is 0.467. The fraction of sp³-hybridized carbons (Fsp3) is 0.818. The normalized spacial score (nSPS) is 25.8. The van der Waals surface area contributed by atoms with E-state index in [1.807, 2.05) is 0 Å². The summed E-state index contributed by atoms with van der Waals surface area (Å²) in [6.07, 6.45) is 7.44. The van der Waals surface area contributed by atoms with Gasteiger partial charge >= 0.3 is 0 Å². The highest BCUT2D eigenvalue weighted by atomic mass is 16.5. The Morgan fingerprint density at radius 1 is 1.44 bits per heavy atom. The number of hydrogen-bond acceptors (Lipinski definition) is 5. The molecule has 0 atom stereocenters. The molecular formula is C11H19N3O2. The molecule has 1 saturated carbocycles. The Morgan fingerprint density at radius 3 is 2.88 bits per heavy atom. The average molecular weight is 225 g/mol. The second kappa shape index (κ2) is 5.96. The van der Waals surface area contributed by atoms with E-state index in [0.717, 1.165) is 25.8 Å². The summed E-state index contributed by atoms with van der Waals surface area (Å²) in [4.78, 5) is 3.99. The van der Waals surface area contributed by atoms with Crippen LogP contribution < -0.4 is 5.32 Å². The van der Waals surface area contributed by atoms with Gasteiger partial charge in [-0.3, -0.25) is 0 Å². The molecule has 0 radical (unpaired) electrons. The molecule has 0 aliphatic heterocycles. The van der Waals surface area contributed by atoms with Gasteiger partial charge in [-0.05, 0) is 25.7 Å². The van der Waals surface area contributed by atoms with Crippen LogP contribution in [0.25, 0.3) is 0 Å². The smallest absolute Gasteiger partial charge is 0.227 e. The van der Waals surface area contributed by atoms with Crippen molar-refractivity contribution in [1.82, 2.24) is 15.5 Å². The monoisotopic (exact) mass is 225 g/mol. The Kier molecular flexibility index (Phi) is 4.30. The molecule has 1 aromatic heterocycles. The van der Waals surface area contributed by atoms with Crippen LogP contribution in [0.5, 0.6) is 0 Å². The van der Waals surface area contributed by atoms with E-state index in [9.17, 15) is 0 Å². The molecule has 1 heterocycles. The van der Waals surface area contributed by atoms with E-state index >= 15 is 0 Å². The fourth-order valence-corrected chi connectivity index (χ4v) is 2.19. The van der Waals surface area contributed by atoms with Gasteiger partial charge in [-0.25, -0.2) is 0 Å². The highest BCUT2D eigenvalue weighted by Crippen LogP contribution is 2.20. The van der Waals surface area contributed by atoms with Gasteiger partial charge in [0.15, 0.2) is 6.33 Å². The van der Waals surface area contributed by atoms with Gasteiger partial charge in [0.2, 0.25) is 5.89 Å². The molecule has 0 aromatic carbocycles. The van der Waals surface area contributed by atoms with Crippen LogP contribution in [0.2, 0.25) is 0 Å². The molecule has 1 N–H and O–H groups in total. The van der Waals surface area contributed by atoms with Gasteiger partial charge in [-0.1, -0.05) is 5.16 Å².